The van der Waals surface area contributed by atoms with Gasteiger partial charge in [0, 0.05) is 17.9 Å². The van der Waals surface area contributed by atoms with E-state index in [1.165, 1.54) is 5.56 Å². The number of aromatic nitrogens is 1. The number of hydrogen-bond donors (Lipinski definition) is 1. The Labute approximate surface area is 109 Å². The van der Waals surface area contributed by atoms with E-state index in [9.17, 15) is 4.79 Å². The van der Waals surface area contributed by atoms with Gasteiger partial charge in [0.1, 0.15) is 5.60 Å². The number of carbonyl (C=O) groups excluding carboxylic acids is 1. The molecular formula is C14H22N2O2. The molecule has 0 saturated heterocycles. The van der Waals surface area contributed by atoms with Gasteiger partial charge in [-0.3, -0.25) is 4.98 Å². The fraction of sp³-hybridized carbons (Fsp3) is 0.571. The van der Waals surface area contributed by atoms with E-state index < -0.39 is 5.60 Å². The van der Waals surface area contributed by atoms with Crippen LogP contribution in [-0.2, 0) is 11.2 Å². The first-order valence-electron chi connectivity index (χ1n) is 6.17. The van der Waals surface area contributed by atoms with Crippen LogP contribution in [0.1, 0.15) is 37.7 Å². The van der Waals surface area contributed by atoms with Crippen molar-refractivity contribution in [3.05, 3.63) is 29.1 Å². The molecule has 0 fully saturated rings. The normalized spacial score (nSPS) is 11.2. The number of nitrogens with zero attached hydrogens (tertiary/aromatic N) is 1. The summed E-state index contributed by atoms with van der Waals surface area (Å²) < 4.78 is 5.16. The number of amides is 1. The Balaban J connectivity index is 2.40. The molecule has 0 saturated carbocycles. The van der Waals surface area contributed by atoms with Crippen molar-refractivity contribution in [2.45, 2.75) is 46.6 Å². The number of nitrogens with one attached hydrogen (secondary N) is 1. The summed E-state index contributed by atoms with van der Waals surface area (Å²) in [5.74, 6) is 0. The number of carbonyl (C=O) groups is 1. The minimum absolute atomic E-state index is 0.370. The quantitative estimate of drug-likeness (QED) is 0.897. The van der Waals surface area contributed by atoms with Crippen molar-refractivity contribution in [2.75, 3.05) is 6.54 Å². The van der Waals surface area contributed by atoms with Crippen LogP contribution in [0.5, 0.6) is 0 Å². The number of alkyl carbamates (subject to hydrolysis) is 1. The highest BCUT2D eigenvalue weighted by Gasteiger charge is 2.15. The third-order valence-electron chi connectivity index (χ3n) is 2.22. The van der Waals surface area contributed by atoms with Crippen LogP contribution in [0.15, 0.2) is 12.1 Å². The number of ether oxygens (including phenoxy) is 1. The van der Waals surface area contributed by atoms with Gasteiger partial charge >= 0.3 is 6.09 Å². The van der Waals surface area contributed by atoms with Crippen LogP contribution in [0.2, 0.25) is 0 Å². The molecule has 0 aliphatic carbocycles. The summed E-state index contributed by atoms with van der Waals surface area (Å²) in [5.41, 5.74) is 2.73. The summed E-state index contributed by atoms with van der Waals surface area (Å²) in [5, 5.41) is 2.75. The number of rotatable bonds is 3. The lowest BCUT2D eigenvalue weighted by molar-refractivity contribution is 0.0528. The SMILES string of the molecule is Cc1cc(CCNC(=O)OC(C)(C)C)cc(C)n1. The molecule has 100 valence electrons. The minimum atomic E-state index is -0.450. The molecule has 4 heteroatoms. The molecule has 0 unspecified atom stereocenters. The molecule has 1 aromatic heterocycles. The average molecular weight is 250 g/mol. The highest BCUT2D eigenvalue weighted by Crippen LogP contribution is 2.07. The zero-order chi connectivity index (χ0) is 13.8. The molecule has 0 aromatic carbocycles. The first kappa shape index (κ1) is 14.5. The molecule has 1 rings (SSSR count). The molecular weight excluding hydrogens is 228 g/mol. The van der Waals surface area contributed by atoms with Crippen molar-refractivity contribution < 1.29 is 9.53 Å². The van der Waals surface area contributed by atoms with Crippen molar-refractivity contribution in [1.82, 2.24) is 10.3 Å². The van der Waals surface area contributed by atoms with Gasteiger partial charge in [-0.05, 0) is 58.7 Å². The van der Waals surface area contributed by atoms with E-state index in [1.807, 2.05) is 46.8 Å². The Morgan fingerprint density at radius 1 is 1.28 bits per heavy atom. The van der Waals surface area contributed by atoms with E-state index in [-0.39, 0.29) is 6.09 Å². The van der Waals surface area contributed by atoms with Crippen LogP contribution in [0.3, 0.4) is 0 Å². The Hall–Kier alpha value is -1.58. The molecule has 1 heterocycles. The molecule has 0 atom stereocenters. The fourth-order valence-electron chi connectivity index (χ4n) is 1.69. The van der Waals surface area contributed by atoms with E-state index in [4.69, 9.17) is 4.74 Å². The summed E-state index contributed by atoms with van der Waals surface area (Å²) in [4.78, 5) is 15.8. The Kier molecular flexibility index (Phi) is 4.70. The summed E-state index contributed by atoms with van der Waals surface area (Å²) >= 11 is 0. The Morgan fingerprint density at radius 2 is 1.83 bits per heavy atom. The van der Waals surface area contributed by atoms with Crippen LogP contribution in [0.4, 0.5) is 4.79 Å². The fourth-order valence-corrected chi connectivity index (χ4v) is 1.69. The number of hydrogen-bond acceptors (Lipinski definition) is 3. The second-order valence-corrected chi connectivity index (χ2v) is 5.44. The molecule has 0 aliphatic rings. The molecule has 1 N–H and O–H groups in total. The molecule has 0 aliphatic heterocycles. The van der Waals surface area contributed by atoms with Crippen LogP contribution in [0.25, 0.3) is 0 Å². The van der Waals surface area contributed by atoms with Crippen LogP contribution in [0, 0.1) is 13.8 Å². The first-order chi connectivity index (χ1) is 8.26. The van der Waals surface area contributed by atoms with Crippen molar-refractivity contribution in [3.8, 4) is 0 Å². The third-order valence-corrected chi connectivity index (χ3v) is 2.22. The second-order valence-electron chi connectivity index (χ2n) is 5.44. The van der Waals surface area contributed by atoms with Gasteiger partial charge in [-0.2, -0.15) is 0 Å². The highest BCUT2D eigenvalue weighted by molar-refractivity contribution is 5.67. The summed E-state index contributed by atoms with van der Waals surface area (Å²) in [7, 11) is 0. The maximum atomic E-state index is 11.4. The van der Waals surface area contributed by atoms with E-state index in [1.54, 1.807) is 0 Å². The summed E-state index contributed by atoms with van der Waals surface area (Å²) in [6, 6.07) is 4.06. The van der Waals surface area contributed by atoms with Gasteiger partial charge in [0.2, 0.25) is 0 Å². The van der Waals surface area contributed by atoms with Gasteiger partial charge in [0.25, 0.3) is 0 Å². The van der Waals surface area contributed by atoms with E-state index in [2.05, 4.69) is 10.3 Å². The lowest BCUT2D eigenvalue weighted by Gasteiger charge is -2.19. The van der Waals surface area contributed by atoms with E-state index in [0.29, 0.717) is 6.54 Å². The predicted octanol–water partition coefficient (Wildman–Crippen LogP) is 2.77. The van der Waals surface area contributed by atoms with Crippen LogP contribution < -0.4 is 5.32 Å². The van der Waals surface area contributed by atoms with Gasteiger partial charge in [-0.1, -0.05) is 0 Å². The smallest absolute Gasteiger partial charge is 0.407 e. The lowest BCUT2D eigenvalue weighted by Crippen LogP contribution is -2.33. The topological polar surface area (TPSA) is 51.2 Å². The van der Waals surface area contributed by atoms with Gasteiger partial charge in [-0.25, -0.2) is 4.79 Å². The van der Waals surface area contributed by atoms with Gasteiger partial charge in [0.15, 0.2) is 0 Å². The molecule has 0 radical (unpaired) electrons. The van der Waals surface area contributed by atoms with Gasteiger partial charge < -0.3 is 10.1 Å². The van der Waals surface area contributed by atoms with E-state index in [0.717, 1.165) is 17.8 Å². The predicted molar refractivity (Wildman–Crippen MR) is 71.7 cm³/mol. The van der Waals surface area contributed by atoms with Crippen molar-refractivity contribution in [3.63, 3.8) is 0 Å². The molecule has 4 nitrogen and oxygen atoms in total. The lowest BCUT2D eigenvalue weighted by atomic mass is 10.1. The summed E-state index contributed by atoms with van der Waals surface area (Å²) in [6.45, 7) is 10.1. The zero-order valence-corrected chi connectivity index (χ0v) is 11.8. The Morgan fingerprint density at radius 3 is 2.33 bits per heavy atom. The first-order valence-corrected chi connectivity index (χ1v) is 6.17. The molecule has 0 spiro atoms. The maximum Gasteiger partial charge on any atom is 0.407 e. The van der Waals surface area contributed by atoms with Crippen LogP contribution in [-0.4, -0.2) is 23.2 Å². The largest absolute Gasteiger partial charge is 0.444 e. The zero-order valence-electron chi connectivity index (χ0n) is 11.8. The van der Waals surface area contributed by atoms with Gasteiger partial charge in [0.05, 0.1) is 0 Å². The number of aryl methyl sites for hydroxylation is 2. The monoisotopic (exact) mass is 250 g/mol. The van der Waals surface area contributed by atoms with E-state index >= 15 is 0 Å². The van der Waals surface area contributed by atoms with Gasteiger partial charge in [-0.15, -0.1) is 0 Å². The van der Waals surface area contributed by atoms with Crippen molar-refractivity contribution >= 4 is 6.09 Å². The second kappa shape index (κ2) is 5.85. The standard InChI is InChI=1S/C14H22N2O2/c1-10-8-12(9-11(2)16-10)6-7-15-13(17)18-14(3,4)5/h8-9H,6-7H2,1-5H3,(H,15,17). The average Bonchev–Trinajstić information content (AvgIpc) is 2.12. The molecule has 1 aromatic rings. The summed E-state index contributed by atoms with van der Waals surface area (Å²) in [6.07, 6.45) is 0.411. The highest BCUT2D eigenvalue weighted by atomic mass is 16.6. The number of pyridine rings is 1. The minimum Gasteiger partial charge on any atom is -0.444 e. The maximum absolute atomic E-state index is 11.4. The molecule has 1 amide bonds. The molecule has 18 heavy (non-hydrogen) atoms. The molecule has 0 bridgehead atoms. The Bertz CT molecular complexity index is 402. The van der Waals surface area contributed by atoms with Crippen LogP contribution >= 0.6 is 0 Å². The van der Waals surface area contributed by atoms with Crippen molar-refractivity contribution in [2.24, 2.45) is 0 Å². The van der Waals surface area contributed by atoms with Crippen molar-refractivity contribution in [1.29, 1.82) is 0 Å². The third kappa shape index (κ3) is 5.66.